The minimum absolute atomic E-state index is 0.0512. The molecule has 2 unspecified atom stereocenters. The van der Waals surface area contributed by atoms with Crippen LogP contribution in [0.4, 0.5) is 0 Å². The van der Waals surface area contributed by atoms with Crippen LogP contribution in [0.3, 0.4) is 0 Å². The number of aliphatic hydroxyl groups excluding tert-OH is 1. The number of carbonyl (C=O) groups is 1. The van der Waals surface area contributed by atoms with Gasteiger partial charge in [-0.2, -0.15) is 5.10 Å². The molecule has 1 aliphatic rings. The van der Waals surface area contributed by atoms with Crippen LogP contribution in [-0.2, 0) is 7.05 Å². The summed E-state index contributed by atoms with van der Waals surface area (Å²) in [5.41, 5.74) is 2.73. The molecule has 2 atom stereocenters. The lowest BCUT2D eigenvalue weighted by Gasteiger charge is -2.23. The fourth-order valence-corrected chi connectivity index (χ4v) is 3.72. The van der Waals surface area contributed by atoms with Crippen molar-refractivity contribution in [2.45, 2.75) is 39.2 Å². The molecule has 3 rings (SSSR count). The van der Waals surface area contributed by atoms with Gasteiger partial charge in [-0.15, -0.1) is 0 Å². The molecule has 0 aromatic carbocycles. The SMILES string of the molecule is Cc1ccc(C)n1-c1c(C(=O)N(C)CC2CCCC2O)cnn1C. The van der Waals surface area contributed by atoms with Crippen LogP contribution >= 0.6 is 0 Å². The molecule has 130 valence electrons. The molecule has 1 fully saturated rings. The summed E-state index contributed by atoms with van der Waals surface area (Å²) in [5.74, 6) is 0.914. The zero-order valence-electron chi connectivity index (χ0n) is 14.9. The van der Waals surface area contributed by atoms with Crippen molar-refractivity contribution in [3.8, 4) is 5.82 Å². The Labute approximate surface area is 142 Å². The number of amides is 1. The number of aliphatic hydroxyl groups is 1. The summed E-state index contributed by atoms with van der Waals surface area (Å²) in [6.45, 7) is 4.62. The molecule has 6 nitrogen and oxygen atoms in total. The molecule has 1 aliphatic carbocycles. The Hall–Kier alpha value is -2.08. The summed E-state index contributed by atoms with van der Waals surface area (Å²) in [6.07, 6.45) is 4.20. The first-order chi connectivity index (χ1) is 11.4. The molecular weight excluding hydrogens is 304 g/mol. The summed E-state index contributed by atoms with van der Waals surface area (Å²) >= 11 is 0. The van der Waals surface area contributed by atoms with Crippen molar-refractivity contribution in [3.63, 3.8) is 0 Å². The van der Waals surface area contributed by atoms with Crippen molar-refractivity contribution < 1.29 is 9.90 Å². The minimum atomic E-state index is -0.289. The maximum absolute atomic E-state index is 13.0. The smallest absolute Gasteiger partial charge is 0.259 e. The molecule has 1 amide bonds. The van der Waals surface area contributed by atoms with Crippen molar-refractivity contribution >= 4 is 5.91 Å². The van der Waals surface area contributed by atoms with Crippen LogP contribution in [0.5, 0.6) is 0 Å². The molecule has 2 aromatic heterocycles. The van der Waals surface area contributed by atoms with Crippen molar-refractivity contribution in [2.24, 2.45) is 13.0 Å². The summed E-state index contributed by atoms with van der Waals surface area (Å²) in [7, 11) is 3.66. The van der Waals surface area contributed by atoms with E-state index in [9.17, 15) is 9.90 Å². The maximum Gasteiger partial charge on any atom is 0.259 e. The number of aryl methyl sites for hydroxylation is 3. The fourth-order valence-electron chi connectivity index (χ4n) is 3.72. The zero-order chi connectivity index (χ0) is 17.4. The van der Waals surface area contributed by atoms with Gasteiger partial charge < -0.3 is 14.6 Å². The average molecular weight is 330 g/mol. The van der Waals surface area contributed by atoms with Gasteiger partial charge in [0.2, 0.25) is 0 Å². The number of rotatable bonds is 4. The van der Waals surface area contributed by atoms with E-state index in [1.54, 1.807) is 22.8 Å². The van der Waals surface area contributed by atoms with E-state index in [2.05, 4.69) is 9.67 Å². The second kappa shape index (κ2) is 6.43. The maximum atomic E-state index is 13.0. The standard InChI is InChI=1S/C18H26N4O2/c1-12-8-9-13(2)22(12)17-15(10-19-21(17)4)18(24)20(3)11-14-6-5-7-16(14)23/h8-10,14,16,23H,5-7,11H2,1-4H3. The molecule has 6 heteroatoms. The summed E-state index contributed by atoms with van der Waals surface area (Å²) in [6, 6.07) is 4.07. The van der Waals surface area contributed by atoms with Crippen LogP contribution in [0.2, 0.25) is 0 Å². The Morgan fingerprint density at radius 1 is 1.33 bits per heavy atom. The molecule has 0 bridgehead atoms. The first-order valence-electron chi connectivity index (χ1n) is 8.51. The van der Waals surface area contributed by atoms with E-state index in [1.807, 2.05) is 33.0 Å². The predicted molar refractivity (Wildman–Crippen MR) is 92.3 cm³/mol. The Morgan fingerprint density at radius 3 is 2.58 bits per heavy atom. The van der Waals surface area contributed by atoms with Crippen molar-refractivity contribution in [1.82, 2.24) is 19.2 Å². The first kappa shape index (κ1) is 16.8. The van der Waals surface area contributed by atoms with Crippen LogP contribution < -0.4 is 0 Å². The van der Waals surface area contributed by atoms with E-state index < -0.39 is 0 Å². The molecule has 0 saturated heterocycles. The van der Waals surface area contributed by atoms with E-state index in [1.165, 1.54) is 0 Å². The fraction of sp³-hybridized carbons (Fsp3) is 0.556. The monoisotopic (exact) mass is 330 g/mol. The third-order valence-electron chi connectivity index (χ3n) is 5.09. The van der Waals surface area contributed by atoms with Gasteiger partial charge in [0.25, 0.3) is 5.91 Å². The van der Waals surface area contributed by atoms with Crippen LogP contribution in [0.25, 0.3) is 5.82 Å². The zero-order valence-corrected chi connectivity index (χ0v) is 14.9. The molecular formula is C18H26N4O2. The Bertz CT molecular complexity index is 727. The topological polar surface area (TPSA) is 63.3 Å². The molecule has 2 aromatic rings. The number of hydrogen-bond acceptors (Lipinski definition) is 3. The van der Waals surface area contributed by atoms with E-state index >= 15 is 0 Å². The Balaban J connectivity index is 1.88. The molecule has 0 spiro atoms. The average Bonchev–Trinajstić information content (AvgIpc) is 3.20. The molecule has 1 N–H and O–H groups in total. The highest BCUT2D eigenvalue weighted by atomic mass is 16.3. The highest BCUT2D eigenvalue weighted by Crippen LogP contribution is 2.27. The normalized spacial score (nSPS) is 20.5. The van der Waals surface area contributed by atoms with E-state index in [0.717, 1.165) is 36.5 Å². The van der Waals surface area contributed by atoms with Gasteiger partial charge in [0, 0.05) is 37.9 Å². The van der Waals surface area contributed by atoms with Crippen molar-refractivity contribution in [3.05, 3.63) is 35.3 Å². The largest absolute Gasteiger partial charge is 0.393 e. The number of hydrogen-bond donors (Lipinski definition) is 1. The molecule has 1 saturated carbocycles. The Morgan fingerprint density at radius 2 is 2.00 bits per heavy atom. The molecule has 0 aliphatic heterocycles. The van der Waals surface area contributed by atoms with Gasteiger partial charge in [-0.3, -0.25) is 9.48 Å². The lowest BCUT2D eigenvalue weighted by molar-refractivity contribution is 0.0693. The highest BCUT2D eigenvalue weighted by molar-refractivity contribution is 5.97. The minimum Gasteiger partial charge on any atom is -0.393 e. The molecule has 24 heavy (non-hydrogen) atoms. The summed E-state index contributed by atoms with van der Waals surface area (Å²) in [4.78, 5) is 14.7. The highest BCUT2D eigenvalue weighted by Gasteiger charge is 2.29. The van der Waals surface area contributed by atoms with Crippen LogP contribution in [0, 0.1) is 19.8 Å². The van der Waals surface area contributed by atoms with Crippen LogP contribution in [0.15, 0.2) is 18.3 Å². The lowest BCUT2D eigenvalue weighted by Crippen LogP contribution is -2.35. The van der Waals surface area contributed by atoms with Gasteiger partial charge in [-0.05, 0) is 38.8 Å². The second-order valence-corrected chi connectivity index (χ2v) is 6.90. The first-order valence-corrected chi connectivity index (χ1v) is 8.51. The Kier molecular flexibility index (Phi) is 4.49. The lowest BCUT2D eigenvalue weighted by atomic mass is 10.1. The van der Waals surface area contributed by atoms with Crippen LogP contribution in [-0.4, -0.2) is 50.0 Å². The molecule has 0 radical (unpaired) electrons. The number of aromatic nitrogens is 3. The second-order valence-electron chi connectivity index (χ2n) is 6.90. The van der Waals surface area contributed by atoms with Crippen LogP contribution in [0.1, 0.15) is 41.0 Å². The van der Waals surface area contributed by atoms with Gasteiger partial charge in [0.15, 0.2) is 0 Å². The van der Waals surface area contributed by atoms with Crippen molar-refractivity contribution in [1.29, 1.82) is 0 Å². The summed E-state index contributed by atoms with van der Waals surface area (Å²) < 4.78 is 3.80. The van der Waals surface area contributed by atoms with Gasteiger partial charge in [-0.1, -0.05) is 6.42 Å². The summed E-state index contributed by atoms with van der Waals surface area (Å²) in [5, 5.41) is 14.3. The molecule has 2 heterocycles. The third-order valence-corrected chi connectivity index (χ3v) is 5.09. The number of carbonyl (C=O) groups excluding carboxylic acids is 1. The van der Waals surface area contributed by atoms with Gasteiger partial charge in [0.1, 0.15) is 11.4 Å². The van der Waals surface area contributed by atoms with Crippen molar-refractivity contribution in [2.75, 3.05) is 13.6 Å². The predicted octanol–water partition coefficient (Wildman–Crippen LogP) is 2.06. The number of nitrogens with zero attached hydrogens (tertiary/aromatic N) is 4. The van der Waals surface area contributed by atoms with E-state index in [0.29, 0.717) is 12.1 Å². The van der Waals surface area contributed by atoms with E-state index in [4.69, 9.17) is 0 Å². The van der Waals surface area contributed by atoms with Gasteiger partial charge >= 0.3 is 0 Å². The van der Waals surface area contributed by atoms with E-state index in [-0.39, 0.29) is 17.9 Å². The van der Waals surface area contributed by atoms with Gasteiger partial charge in [0.05, 0.1) is 12.3 Å². The quantitative estimate of drug-likeness (QED) is 0.933. The van der Waals surface area contributed by atoms with Gasteiger partial charge in [-0.25, -0.2) is 0 Å². The third kappa shape index (κ3) is 2.86.